The van der Waals surface area contributed by atoms with Crippen LogP contribution >= 0.6 is 0 Å². The smallest absolute Gasteiger partial charge is 0.317 e. The number of nitrogens with zero attached hydrogens (tertiary/aromatic N) is 1. The van der Waals surface area contributed by atoms with Crippen LogP contribution in [0, 0.1) is 5.92 Å². The van der Waals surface area contributed by atoms with Crippen LogP contribution in [0.15, 0.2) is 0 Å². The lowest BCUT2D eigenvalue weighted by molar-refractivity contribution is 0.111. The topological polar surface area (TPSA) is 52.6 Å². The van der Waals surface area contributed by atoms with Crippen LogP contribution in [0.5, 0.6) is 0 Å². The van der Waals surface area contributed by atoms with Crippen molar-refractivity contribution in [1.82, 2.24) is 10.2 Å². The van der Waals surface area contributed by atoms with E-state index in [9.17, 15) is 9.90 Å². The minimum absolute atomic E-state index is 0.0208. The average Bonchev–Trinajstić information content (AvgIpc) is 2.55. The molecule has 0 aromatic carbocycles. The van der Waals surface area contributed by atoms with E-state index in [1.165, 1.54) is 12.8 Å². The zero-order chi connectivity index (χ0) is 13.0. The molecule has 2 rings (SSSR count). The van der Waals surface area contributed by atoms with Gasteiger partial charge < -0.3 is 15.3 Å². The summed E-state index contributed by atoms with van der Waals surface area (Å²) >= 11 is 0. The number of carbonyl (C=O) groups is 1. The van der Waals surface area contributed by atoms with E-state index in [-0.39, 0.29) is 18.2 Å². The van der Waals surface area contributed by atoms with Gasteiger partial charge in [-0.15, -0.1) is 0 Å². The molecule has 3 unspecified atom stereocenters. The second-order valence-electron chi connectivity index (χ2n) is 5.95. The standard InChI is InChI=1S/C14H26N2O2/c1-11-6-5-9-16(10-11)14(18)15-12-7-3-2-4-8-13(12)17/h11-13,17H,2-10H2,1H3,(H,15,18). The van der Waals surface area contributed by atoms with Crippen molar-refractivity contribution < 1.29 is 9.90 Å². The van der Waals surface area contributed by atoms with Crippen molar-refractivity contribution in [2.24, 2.45) is 5.92 Å². The van der Waals surface area contributed by atoms with Gasteiger partial charge in [-0.05, 0) is 31.6 Å². The zero-order valence-electron chi connectivity index (χ0n) is 11.4. The number of aliphatic hydroxyl groups is 1. The molecule has 0 aromatic rings. The molecule has 2 amide bonds. The summed E-state index contributed by atoms with van der Waals surface area (Å²) in [6.45, 7) is 3.91. The molecule has 3 atom stereocenters. The van der Waals surface area contributed by atoms with E-state index in [4.69, 9.17) is 0 Å². The van der Waals surface area contributed by atoms with Gasteiger partial charge in [-0.2, -0.15) is 0 Å². The first-order valence-electron chi connectivity index (χ1n) is 7.40. The molecule has 0 spiro atoms. The molecule has 1 aliphatic heterocycles. The Morgan fingerprint density at radius 3 is 2.72 bits per heavy atom. The van der Waals surface area contributed by atoms with Crippen LogP contribution in [-0.2, 0) is 0 Å². The van der Waals surface area contributed by atoms with Crippen molar-refractivity contribution in [2.45, 2.75) is 64.0 Å². The maximum absolute atomic E-state index is 12.2. The van der Waals surface area contributed by atoms with Crippen molar-refractivity contribution in [1.29, 1.82) is 0 Å². The third-order valence-corrected chi connectivity index (χ3v) is 4.23. The van der Waals surface area contributed by atoms with E-state index in [0.717, 1.165) is 45.2 Å². The van der Waals surface area contributed by atoms with Gasteiger partial charge in [-0.25, -0.2) is 4.79 Å². The Morgan fingerprint density at radius 2 is 1.94 bits per heavy atom. The summed E-state index contributed by atoms with van der Waals surface area (Å²) in [5.74, 6) is 0.601. The fraction of sp³-hybridized carbons (Fsp3) is 0.929. The first kappa shape index (κ1) is 13.7. The van der Waals surface area contributed by atoms with Crippen molar-refractivity contribution in [3.63, 3.8) is 0 Å². The number of aliphatic hydroxyl groups excluding tert-OH is 1. The van der Waals surface area contributed by atoms with Crippen molar-refractivity contribution >= 4 is 6.03 Å². The molecule has 2 aliphatic rings. The van der Waals surface area contributed by atoms with Crippen LogP contribution in [0.2, 0.25) is 0 Å². The fourth-order valence-electron chi connectivity index (χ4n) is 3.08. The molecule has 0 aromatic heterocycles. The van der Waals surface area contributed by atoms with Crippen LogP contribution in [0.25, 0.3) is 0 Å². The number of hydrogen-bond donors (Lipinski definition) is 2. The molecule has 0 bridgehead atoms. The Balaban J connectivity index is 1.85. The molecule has 104 valence electrons. The summed E-state index contributed by atoms with van der Waals surface area (Å²) in [6, 6.07) is -0.0234. The number of urea groups is 1. The fourth-order valence-corrected chi connectivity index (χ4v) is 3.08. The lowest BCUT2D eigenvalue weighted by Gasteiger charge is -2.33. The van der Waals surface area contributed by atoms with Gasteiger partial charge in [0.2, 0.25) is 0 Å². The normalized spacial score (nSPS) is 33.9. The predicted octanol–water partition coefficient (Wildman–Crippen LogP) is 2.12. The molecule has 18 heavy (non-hydrogen) atoms. The van der Waals surface area contributed by atoms with Crippen molar-refractivity contribution in [3.8, 4) is 0 Å². The summed E-state index contributed by atoms with van der Waals surface area (Å²) in [5.41, 5.74) is 0. The number of nitrogens with one attached hydrogen (secondary N) is 1. The predicted molar refractivity (Wildman–Crippen MR) is 71.4 cm³/mol. The molecule has 2 fully saturated rings. The van der Waals surface area contributed by atoms with E-state index in [1.807, 2.05) is 4.90 Å². The van der Waals surface area contributed by atoms with E-state index in [1.54, 1.807) is 0 Å². The second-order valence-corrected chi connectivity index (χ2v) is 5.95. The number of carbonyl (C=O) groups excluding carboxylic acids is 1. The van der Waals surface area contributed by atoms with Gasteiger partial charge in [0, 0.05) is 13.1 Å². The Bertz CT molecular complexity index is 283. The van der Waals surface area contributed by atoms with Crippen LogP contribution in [0.1, 0.15) is 51.9 Å². The minimum atomic E-state index is -0.362. The Morgan fingerprint density at radius 1 is 1.17 bits per heavy atom. The summed E-state index contributed by atoms with van der Waals surface area (Å²) in [6.07, 6.45) is 7.05. The van der Waals surface area contributed by atoms with Crippen LogP contribution < -0.4 is 5.32 Å². The highest BCUT2D eigenvalue weighted by Gasteiger charge is 2.27. The maximum atomic E-state index is 12.2. The summed E-state index contributed by atoms with van der Waals surface area (Å²) in [4.78, 5) is 14.1. The maximum Gasteiger partial charge on any atom is 0.317 e. The Hall–Kier alpha value is -0.770. The van der Waals surface area contributed by atoms with Crippen molar-refractivity contribution in [3.05, 3.63) is 0 Å². The van der Waals surface area contributed by atoms with Crippen LogP contribution in [0.4, 0.5) is 4.79 Å². The van der Waals surface area contributed by atoms with Crippen molar-refractivity contribution in [2.75, 3.05) is 13.1 Å². The Labute approximate surface area is 110 Å². The molecule has 2 N–H and O–H groups in total. The first-order valence-corrected chi connectivity index (χ1v) is 7.40. The molecule has 4 nitrogen and oxygen atoms in total. The highest BCUT2D eigenvalue weighted by atomic mass is 16.3. The lowest BCUT2D eigenvalue weighted by atomic mass is 10.0. The van der Waals surface area contributed by atoms with Gasteiger partial charge in [-0.3, -0.25) is 0 Å². The first-order chi connectivity index (χ1) is 8.66. The molecule has 1 saturated carbocycles. The number of rotatable bonds is 1. The second kappa shape index (κ2) is 6.41. The van der Waals surface area contributed by atoms with E-state index in [0.29, 0.717) is 5.92 Å². The third-order valence-electron chi connectivity index (χ3n) is 4.23. The molecule has 4 heteroatoms. The zero-order valence-corrected chi connectivity index (χ0v) is 11.4. The molecule has 1 heterocycles. The number of hydrogen-bond acceptors (Lipinski definition) is 2. The molecular formula is C14H26N2O2. The quantitative estimate of drug-likeness (QED) is 0.704. The largest absolute Gasteiger partial charge is 0.391 e. The number of amides is 2. The van der Waals surface area contributed by atoms with Gasteiger partial charge in [-0.1, -0.05) is 26.2 Å². The highest BCUT2D eigenvalue weighted by molar-refractivity contribution is 5.74. The summed E-state index contributed by atoms with van der Waals surface area (Å²) in [7, 11) is 0. The highest BCUT2D eigenvalue weighted by Crippen LogP contribution is 2.19. The third kappa shape index (κ3) is 3.61. The molecular weight excluding hydrogens is 228 g/mol. The van der Waals surface area contributed by atoms with E-state index < -0.39 is 0 Å². The SMILES string of the molecule is CC1CCCN(C(=O)NC2CCCCCC2O)C1. The minimum Gasteiger partial charge on any atom is -0.391 e. The van der Waals surface area contributed by atoms with Crippen LogP contribution in [-0.4, -0.2) is 41.3 Å². The van der Waals surface area contributed by atoms with E-state index >= 15 is 0 Å². The van der Waals surface area contributed by atoms with Gasteiger partial charge in [0.15, 0.2) is 0 Å². The molecule has 1 saturated heterocycles. The van der Waals surface area contributed by atoms with Gasteiger partial charge >= 0.3 is 6.03 Å². The molecule has 1 aliphatic carbocycles. The number of likely N-dealkylation sites (tertiary alicyclic amines) is 1. The monoisotopic (exact) mass is 254 g/mol. The van der Waals surface area contributed by atoms with Gasteiger partial charge in [0.1, 0.15) is 0 Å². The summed E-state index contributed by atoms with van der Waals surface area (Å²) < 4.78 is 0. The number of piperidine rings is 1. The van der Waals surface area contributed by atoms with Gasteiger partial charge in [0.05, 0.1) is 12.1 Å². The average molecular weight is 254 g/mol. The summed E-state index contributed by atoms with van der Waals surface area (Å²) in [5, 5.41) is 13.1. The Kier molecular flexibility index (Phi) is 4.87. The van der Waals surface area contributed by atoms with Gasteiger partial charge in [0.25, 0.3) is 0 Å². The molecule has 0 radical (unpaired) electrons. The lowest BCUT2D eigenvalue weighted by Crippen LogP contribution is -2.51. The van der Waals surface area contributed by atoms with Crippen LogP contribution in [0.3, 0.4) is 0 Å². The van der Waals surface area contributed by atoms with E-state index in [2.05, 4.69) is 12.2 Å².